The van der Waals surface area contributed by atoms with E-state index in [4.69, 9.17) is 0 Å². The van der Waals surface area contributed by atoms with Gasteiger partial charge in [-0.2, -0.15) is 0 Å². The fourth-order valence-electron chi connectivity index (χ4n) is 2.21. The Labute approximate surface area is 169 Å². The molecule has 2 atom stereocenters. The lowest BCUT2D eigenvalue weighted by Crippen LogP contribution is -2.14. The predicted molar refractivity (Wildman–Crippen MR) is 116 cm³/mol. The summed E-state index contributed by atoms with van der Waals surface area (Å²) in [5, 5.41) is 0. The molecule has 0 aromatic carbocycles. The van der Waals surface area contributed by atoms with Crippen molar-refractivity contribution < 1.29 is 19.1 Å². The summed E-state index contributed by atoms with van der Waals surface area (Å²) in [4.78, 5) is 22.1. The van der Waals surface area contributed by atoms with Gasteiger partial charge in [-0.3, -0.25) is 9.59 Å². The number of esters is 2. The van der Waals surface area contributed by atoms with E-state index in [-0.39, 0.29) is 23.8 Å². The van der Waals surface area contributed by atoms with Crippen molar-refractivity contribution in [2.45, 2.75) is 107 Å². The summed E-state index contributed by atoms with van der Waals surface area (Å²) in [6.45, 7) is 17.1. The van der Waals surface area contributed by atoms with Crippen molar-refractivity contribution in [3.05, 3.63) is 0 Å². The first kappa shape index (κ1) is 30.7. The maximum Gasteiger partial charge on any atom is 0.308 e. The number of carbonyl (C=O) groups excluding carboxylic acids is 2. The SMILES string of the molecule is CC(C)(C)C.CCCCC(CC)C(=O)OC.CCCCC(CC)C(=O)OC. The largest absolute Gasteiger partial charge is 0.469 e. The van der Waals surface area contributed by atoms with E-state index in [1.165, 1.54) is 14.2 Å². The van der Waals surface area contributed by atoms with Gasteiger partial charge in [0.1, 0.15) is 0 Å². The maximum absolute atomic E-state index is 11.0. The van der Waals surface area contributed by atoms with E-state index in [2.05, 4.69) is 51.0 Å². The van der Waals surface area contributed by atoms with Crippen molar-refractivity contribution in [2.75, 3.05) is 14.2 Å². The molecule has 2 unspecified atom stereocenters. The molecule has 4 nitrogen and oxygen atoms in total. The van der Waals surface area contributed by atoms with Gasteiger partial charge in [-0.25, -0.2) is 0 Å². The fourth-order valence-corrected chi connectivity index (χ4v) is 2.21. The molecule has 0 amide bonds. The van der Waals surface area contributed by atoms with Crippen LogP contribution in [0.15, 0.2) is 0 Å². The lowest BCUT2D eigenvalue weighted by molar-refractivity contribution is -0.146. The Kier molecular flexibility index (Phi) is 22.4. The molecule has 164 valence electrons. The van der Waals surface area contributed by atoms with Crippen molar-refractivity contribution in [1.82, 2.24) is 0 Å². The molecule has 4 heteroatoms. The Morgan fingerprint density at radius 3 is 1.11 bits per heavy atom. The average molecular weight is 389 g/mol. The number of methoxy groups -OCH3 is 2. The van der Waals surface area contributed by atoms with Crippen molar-refractivity contribution in [1.29, 1.82) is 0 Å². The van der Waals surface area contributed by atoms with Crippen LogP contribution in [-0.4, -0.2) is 26.2 Å². The van der Waals surface area contributed by atoms with Gasteiger partial charge < -0.3 is 9.47 Å². The van der Waals surface area contributed by atoms with Crippen molar-refractivity contribution in [2.24, 2.45) is 17.3 Å². The van der Waals surface area contributed by atoms with E-state index in [0.29, 0.717) is 5.41 Å². The van der Waals surface area contributed by atoms with Gasteiger partial charge in [0.15, 0.2) is 0 Å². The molecule has 0 saturated carbocycles. The topological polar surface area (TPSA) is 52.6 Å². The Hall–Kier alpha value is -1.06. The molecular weight excluding hydrogens is 340 g/mol. The highest BCUT2D eigenvalue weighted by Crippen LogP contribution is 2.14. The number of unbranched alkanes of at least 4 members (excludes halogenated alkanes) is 2. The molecule has 0 aliphatic rings. The summed E-state index contributed by atoms with van der Waals surface area (Å²) < 4.78 is 9.32. The Morgan fingerprint density at radius 1 is 0.704 bits per heavy atom. The molecule has 0 rings (SSSR count). The fraction of sp³-hybridized carbons (Fsp3) is 0.913. The summed E-state index contributed by atoms with van der Waals surface area (Å²) >= 11 is 0. The van der Waals surface area contributed by atoms with Crippen molar-refractivity contribution in [3.8, 4) is 0 Å². The van der Waals surface area contributed by atoms with Crippen LogP contribution in [0.1, 0.15) is 107 Å². The maximum atomic E-state index is 11.0. The summed E-state index contributed by atoms with van der Waals surface area (Å²) in [6, 6.07) is 0. The van der Waals surface area contributed by atoms with Crippen LogP contribution < -0.4 is 0 Å². The highest BCUT2D eigenvalue weighted by atomic mass is 16.5. The minimum Gasteiger partial charge on any atom is -0.469 e. The second kappa shape index (κ2) is 19.7. The molecule has 0 fully saturated rings. The van der Waals surface area contributed by atoms with Crippen LogP contribution in [0.2, 0.25) is 0 Å². The van der Waals surface area contributed by atoms with Crippen LogP contribution in [0.5, 0.6) is 0 Å². The van der Waals surface area contributed by atoms with Gasteiger partial charge in [-0.05, 0) is 31.1 Å². The van der Waals surface area contributed by atoms with Gasteiger partial charge in [-0.1, -0.05) is 81.1 Å². The highest BCUT2D eigenvalue weighted by molar-refractivity contribution is 5.72. The molecule has 0 saturated heterocycles. The first-order valence-electron chi connectivity index (χ1n) is 10.7. The smallest absolute Gasteiger partial charge is 0.308 e. The first-order valence-corrected chi connectivity index (χ1v) is 10.7. The normalized spacial score (nSPS) is 12.5. The second-order valence-corrected chi connectivity index (χ2v) is 8.54. The first-order chi connectivity index (χ1) is 12.5. The predicted octanol–water partition coefficient (Wildman–Crippen LogP) is 6.80. The van der Waals surface area contributed by atoms with Gasteiger partial charge in [-0.15, -0.1) is 0 Å². The Bertz CT molecular complexity index is 311. The molecule has 0 aliphatic heterocycles. The van der Waals surface area contributed by atoms with Crippen molar-refractivity contribution >= 4 is 11.9 Å². The minimum atomic E-state index is -0.0547. The third kappa shape index (κ3) is 24.9. The van der Waals surface area contributed by atoms with E-state index in [0.717, 1.165) is 51.4 Å². The number of carbonyl (C=O) groups is 2. The third-order valence-electron chi connectivity index (χ3n) is 3.87. The molecule has 0 aromatic heterocycles. The number of ether oxygens (including phenoxy) is 2. The van der Waals surface area contributed by atoms with Crippen LogP contribution in [0.3, 0.4) is 0 Å². The van der Waals surface area contributed by atoms with Crippen LogP contribution in [0.4, 0.5) is 0 Å². The zero-order valence-electron chi connectivity index (χ0n) is 19.9. The molecular formula is C23H48O4. The lowest BCUT2D eigenvalue weighted by Gasteiger charge is -2.10. The van der Waals surface area contributed by atoms with Gasteiger partial charge >= 0.3 is 11.9 Å². The molecule has 27 heavy (non-hydrogen) atoms. The number of hydrogen-bond acceptors (Lipinski definition) is 4. The summed E-state index contributed by atoms with van der Waals surface area (Å²) in [7, 11) is 2.91. The molecule has 0 bridgehead atoms. The van der Waals surface area contributed by atoms with E-state index in [1.807, 2.05) is 13.8 Å². The van der Waals surface area contributed by atoms with E-state index in [9.17, 15) is 9.59 Å². The van der Waals surface area contributed by atoms with E-state index < -0.39 is 0 Å². The number of rotatable bonds is 10. The molecule has 0 heterocycles. The van der Waals surface area contributed by atoms with E-state index in [1.54, 1.807) is 0 Å². The lowest BCUT2D eigenvalue weighted by atomic mass is 10.00. The van der Waals surface area contributed by atoms with Crippen LogP contribution in [0, 0.1) is 17.3 Å². The van der Waals surface area contributed by atoms with Gasteiger partial charge in [0.05, 0.1) is 26.1 Å². The van der Waals surface area contributed by atoms with Gasteiger partial charge in [0.2, 0.25) is 0 Å². The standard InChI is InChI=1S/2C9H18O2.C5H12/c2*1-4-6-7-8(5-2)9(10)11-3;1-5(2,3)4/h2*8H,4-7H2,1-3H3;1-4H3. The molecule has 0 aliphatic carbocycles. The zero-order valence-corrected chi connectivity index (χ0v) is 19.9. The van der Waals surface area contributed by atoms with Gasteiger partial charge in [0.25, 0.3) is 0 Å². The van der Waals surface area contributed by atoms with Crippen molar-refractivity contribution in [3.63, 3.8) is 0 Å². The Morgan fingerprint density at radius 2 is 0.963 bits per heavy atom. The van der Waals surface area contributed by atoms with E-state index >= 15 is 0 Å². The van der Waals surface area contributed by atoms with Gasteiger partial charge in [0, 0.05) is 0 Å². The number of hydrogen-bond donors (Lipinski definition) is 0. The quantitative estimate of drug-likeness (QED) is 0.386. The van der Waals surface area contributed by atoms with Crippen LogP contribution >= 0.6 is 0 Å². The second-order valence-electron chi connectivity index (χ2n) is 8.54. The summed E-state index contributed by atoms with van der Waals surface area (Å²) in [6.07, 6.45) is 8.26. The zero-order chi connectivity index (χ0) is 21.9. The monoisotopic (exact) mass is 388 g/mol. The third-order valence-corrected chi connectivity index (χ3v) is 3.87. The summed E-state index contributed by atoms with van der Waals surface area (Å²) in [5.41, 5.74) is 0.500. The molecule has 0 radical (unpaired) electrons. The summed E-state index contributed by atoms with van der Waals surface area (Å²) in [5.74, 6) is 0.141. The Balaban J connectivity index is -0.000000344. The van der Waals surface area contributed by atoms with Crippen LogP contribution in [-0.2, 0) is 19.1 Å². The minimum absolute atomic E-state index is 0.0547. The van der Waals surface area contributed by atoms with Crippen LogP contribution in [0.25, 0.3) is 0 Å². The average Bonchev–Trinajstić information content (AvgIpc) is 2.61. The molecule has 0 aromatic rings. The highest BCUT2D eigenvalue weighted by Gasteiger charge is 2.15. The molecule has 0 spiro atoms. The molecule has 0 N–H and O–H groups in total.